The number of para-hydroxylation sites is 1. The van der Waals surface area contributed by atoms with Crippen molar-refractivity contribution in [3.8, 4) is 89.7 Å². The summed E-state index contributed by atoms with van der Waals surface area (Å²) in [5, 5.41) is 12.8. The number of hydrogen-bond acceptors (Lipinski definition) is 3. The second-order valence-electron chi connectivity index (χ2n) is 22.7. The predicted molar refractivity (Wildman–Crippen MR) is 323 cm³/mol. The van der Waals surface area contributed by atoms with E-state index in [4.69, 9.17) is 25.0 Å². The summed E-state index contributed by atoms with van der Waals surface area (Å²) < 4.78 is 94.9. The number of pyridine rings is 1. The number of phenols is 1. The molecule has 2 heterocycles. The smallest absolute Gasteiger partial charge is 0.149 e. The van der Waals surface area contributed by atoms with Crippen LogP contribution in [0.4, 0.5) is 0 Å². The zero-order valence-corrected chi connectivity index (χ0v) is 45.2. The SMILES string of the molecule is [2H]C(C)(C)c1cc(-c2ccc(-n3c(-c4cc(C(C)(C)C)cc(C(C)(C)C)c4O)nc4c(-c5cc(-c6ccccc6)cc(-c6cc(-c7ccc(C(C([2H])([2H])[2H])(C([2H])([2H])[2H])C([2H])([2H])[2H])cc7)ccn6)c5)cccc43)c(-c3ccccc3)c2)cc(C([2H])(C)C)c1. The molecule has 0 radical (unpaired) electrons. The van der Waals surface area contributed by atoms with Crippen LogP contribution in [0.2, 0.25) is 0 Å². The van der Waals surface area contributed by atoms with Crippen LogP contribution in [0.15, 0.2) is 188 Å². The maximum Gasteiger partial charge on any atom is 0.149 e. The Morgan fingerprint density at radius 3 is 1.68 bits per heavy atom. The van der Waals surface area contributed by atoms with E-state index in [2.05, 4.69) is 131 Å². The van der Waals surface area contributed by atoms with Gasteiger partial charge in [0.25, 0.3) is 0 Å². The van der Waals surface area contributed by atoms with Crippen molar-refractivity contribution in [3.63, 3.8) is 0 Å². The van der Waals surface area contributed by atoms with E-state index in [0.717, 1.165) is 83.5 Å². The molecule has 0 atom stereocenters. The lowest BCUT2D eigenvalue weighted by Crippen LogP contribution is -2.17. The molecule has 10 rings (SSSR count). The van der Waals surface area contributed by atoms with Crippen LogP contribution >= 0.6 is 0 Å². The molecule has 0 aliphatic rings. The van der Waals surface area contributed by atoms with Gasteiger partial charge in [-0.15, -0.1) is 0 Å². The molecule has 382 valence electrons. The molecule has 8 aromatic carbocycles. The van der Waals surface area contributed by atoms with Gasteiger partial charge in [-0.2, -0.15) is 0 Å². The number of nitrogens with zero attached hydrogens (tertiary/aromatic N) is 3. The van der Waals surface area contributed by atoms with Crippen molar-refractivity contribution in [1.82, 2.24) is 14.5 Å². The molecule has 0 aliphatic heterocycles. The molecule has 1 N–H and O–H groups in total. The molecule has 0 bridgehead atoms. The molecule has 0 amide bonds. The summed E-state index contributed by atoms with van der Waals surface area (Å²) >= 11 is 0. The summed E-state index contributed by atoms with van der Waals surface area (Å²) in [6.45, 7) is 10.1. The second kappa shape index (κ2) is 20.0. The van der Waals surface area contributed by atoms with Gasteiger partial charge in [0.1, 0.15) is 11.6 Å². The monoisotopic (exact) mass is 1010 g/mol. The summed E-state index contributed by atoms with van der Waals surface area (Å²) in [5.74, 6) is -1.20. The molecule has 0 saturated heterocycles. The topological polar surface area (TPSA) is 50.9 Å². The van der Waals surface area contributed by atoms with E-state index in [0.29, 0.717) is 33.7 Å². The van der Waals surface area contributed by atoms with Gasteiger partial charge in [0, 0.05) is 43.5 Å². The number of benzene rings is 8. The Bertz CT molecular complexity index is 4140. The third-order valence-electron chi connectivity index (χ3n) is 14.5. The fraction of sp³-hybridized carbons (Fsp3) is 0.250. The number of aromatic nitrogens is 3. The summed E-state index contributed by atoms with van der Waals surface area (Å²) in [4.78, 5) is 10.6. The molecule has 0 spiro atoms. The number of hydrogen-bond donors (Lipinski definition) is 1. The fourth-order valence-electron chi connectivity index (χ4n) is 10.1. The Kier molecular flexibility index (Phi) is 10.4. The van der Waals surface area contributed by atoms with Crippen LogP contribution in [-0.4, -0.2) is 19.6 Å². The standard InChI is InChI=1S/C72H73N3O/c1-45(2)52-35-53(46(3)4)37-55(36-52)50-29-32-65(61(41-50)49-23-18-15-19-24-49)75-66-26-20-25-60(67(66)74-69(75)62-43-59(71(8,9)10)44-63(68(62)76)72(11,12)13)56-38-54(47-21-16-14-17-22-47)39-57(40-56)64-42-51(33-34-73-64)48-27-30-58(31-28-48)70(5,6)7/h14-46,76H,1-13H3/i5D3,6D3,7D3,45D,46D. The first-order valence-electron chi connectivity index (χ1n) is 31.5. The van der Waals surface area contributed by atoms with Crippen molar-refractivity contribution in [2.75, 3.05) is 0 Å². The molecule has 10 aromatic rings. The first kappa shape index (κ1) is 39.6. The maximum atomic E-state index is 12.8. The molecule has 0 aliphatic carbocycles. The van der Waals surface area contributed by atoms with Crippen LogP contribution in [0.25, 0.3) is 95.0 Å². The Morgan fingerprint density at radius 2 is 1.05 bits per heavy atom. The van der Waals surface area contributed by atoms with Gasteiger partial charge in [0.15, 0.2) is 0 Å². The average Bonchev–Trinajstić information content (AvgIpc) is 0.826. The van der Waals surface area contributed by atoms with Crippen molar-refractivity contribution < 1.29 is 20.2 Å². The maximum absolute atomic E-state index is 12.8. The van der Waals surface area contributed by atoms with Crippen molar-refractivity contribution in [1.29, 1.82) is 0 Å². The Labute approximate surface area is 467 Å². The Balaban J connectivity index is 1.23. The molecule has 4 nitrogen and oxygen atoms in total. The number of aromatic hydroxyl groups is 1. The Morgan fingerprint density at radius 1 is 0.461 bits per heavy atom. The van der Waals surface area contributed by atoms with Crippen molar-refractivity contribution >= 4 is 11.0 Å². The van der Waals surface area contributed by atoms with Gasteiger partial charge in [0.05, 0.1) is 28.0 Å². The average molecular weight is 1010 g/mol. The summed E-state index contributed by atoms with van der Waals surface area (Å²) in [5.41, 5.74) is 11.7. The van der Waals surface area contributed by atoms with E-state index in [-0.39, 0.29) is 16.7 Å². The van der Waals surface area contributed by atoms with Gasteiger partial charge >= 0.3 is 0 Å². The van der Waals surface area contributed by atoms with Gasteiger partial charge in [-0.05, 0) is 149 Å². The molecule has 0 saturated carbocycles. The van der Waals surface area contributed by atoms with Gasteiger partial charge < -0.3 is 5.11 Å². The van der Waals surface area contributed by atoms with Crippen molar-refractivity contribution in [2.45, 2.75) is 118 Å². The minimum atomic E-state index is -3.40. The third kappa shape index (κ3) is 10.3. The van der Waals surface area contributed by atoms with Gasteiger partial charge in [-0.3, -0.25) is 9.55 Å². The highest BCUT2D eigenvalue weighted by Gasteiger charge is 2.30. The van der Waals surface area contributed by atoms with E-state index in [1.54, 1.807) is 24.4 Å². The van der Waals surface area contributed by atoms with Crippen LogP contribution in [-0.2, 0) is 16.2 Å². The van der Waals surface area contributed by atoms with Gasteiger partial charge in [-0.1, -0.05) is 217 Å². The summed E-state index contributed by atoms with van der Waals surface area (Å²) in [7, 11) is 0. The summed E-state index contributed by atoms with van der Waals surface area (Å²) in [6.07, 6.45) is 1.67. The summed E-state index contributed by atoms with van der Waals surface area (Å²) in [6, 6.07) is 58.7. The van der Waals surface area contributed by atoms with Gasteiger partial charge in [0.2, 0.25) is 0 Å². The number of fused-ring (bicyclic) bond motifs is 1. The molecular weight excluding hydrogens is 923 g/mol. The largest absolute Gasteiger partial charge is 0.507 e. The zero-order valence-electron chi connectivity index (χ0n) is 56.2. The van der Waals surface area contributed by atoms with E-state index in [9.17, 15) is 5.11 Å². The Hall–Kier alpha value is -7.82. The highest BCUT2D eigenvalue weighted by molar-refractivity contribution is 5.99. The molecule has 76 heavy (non-hydrogen) atoms. The van der Waals surface area contributed by atoms with E-state index < -0.39 is 43.2 Å². The van der Waals surface area contributed by atoms with Crippen LogP contribution in [0.1, 0.15) is 144 Å². The first-order valence-corrected chi connectivity index (χ1v) is 26.0. The fourth-order valence-corrected chi connectivity index (χ4v) is 10.1. The van der Waals surface area contributed by atoms with Gasteiger partial charge in [-0.25, -0.2) is 4.98 Å². The highest BCUT2D eigenvalue weighted by atomic mass is 16.3. The molecule has 0 fully saturated rings. The van der Waals surface area contributed by atoms with Crippen LogP contribution in [0, 0.1) is 0 Å². The molecule has 2 aromatic heterocycles. The predicted octanol–water partition coefficient (Wildman–Crippen LogP) is 19.9. The van der Waals surface area contributed by atoms with Crippen LogP contribution in [0.3, 0.4) is 0 Å². The van der Waals surface area contributed by atoms with E-state index in [1.165, 1.54) is 12.1 Å². The van der Waals surface area contributed by atoms with E-state index in [1.807, 2.05) is 94.4 Å². The van der Waals surface area contributed by atoms with Crippen molar-refractivity contribution in [2.24, 2.45) is 0 Å². The van der Waals surface area contributed by atoms with Crippen molar-refractivity contribution in [3.05, 3.63) is 216 Å². The number of imidazole rings is 1. The molecular formula is C72H73N3O. The minimum absolute atomic E-state index is 0.131. The first-order chi connectivity index (χ1) is 40.5. The molecule has 4 heteroatoms. The molecule has 0 unspecified atom stereocenters. The second-order valence-corrected chi connectivity index (χ2v) is 22.7. The van der Waals surface area contributed by atoms with Crippen LogP contribution in [0.5, 0.6) is 5.75 Å². The minimum Gasteiger partial charge on any atom is -0.507 e. The highest BCUT2D eigenvalue weighted by Crippen LogP contribution is 2.47. The number of phenolic OH excluding ortho intramolecular Hbond substituents is 1. The van der Waals surface area contributed by atoms with E-state index >= 15 is 0 Å². The lowest BCUT2D eigenvalue weighted by molar-refractivity contribution is 0.446. The number of rotatable bonds is 10. The van der Waals surface area contributed by atoms with Crippen LogP contribution < -0.4 is 0 Å². The lowest BCUT2D eigenvalue weighted by atomic mass is 9.79. The normalized spacial score (nSPS) is 15.2. The lowest BCUT2D eigenvalue weighted by Gasteiger charge is -2.27. The zero-order chi connectivity index (χ0) is 63.2. The third-order valence-corrected chi connectivity index (χ3v) is 14.5. The quantitative estimate of drug-likeness (QED) is 0.149.